The van der Waals surface area contributed by atoms with Crippen LogP contribution in [-0.4, -0.2) is 13.1 Å². The normalized spacial score (nSPS) is 19.4. The van der Waals surface area contributed by atoms with E-state index in [1.54, 1.807) is 6.07 Å². The van der Waals surface area contributed by atoms with Crippen molar-refractivity contribution in [2.24, 2.45) is 5.92 Å². The SMILES string of the molecule is Clc1cccc(O[C@H](c2ccccc2)[C@@H]2CCNC2)c1Cl. The fourth-order valence-electron chi connectivity index (χ4n) is 2.73. The molecule has 0 aromatic heterocycles. The van der Waals surface area contributed by atoms with Gasteiger partial charge in [0.15, 0.2) is 0 Å². The van der Waals surface area contributed by atoms with Crippen molar-refractivity contribution >= 4 is 23.2 Å². The van der Waals surface area contributed by atoms with Crippen LogP contribution >= 0.6 is 23.2 Å². The van der Waals surface area contributed by atoms with Gasteiger partial charge in [0.2, 0.25) is 0 Å². The van der Waals surface area contributed by atoms with Crippen LogP contribution in [0.25, 0.3) is 0 Å². The van der Waals surface area contributed by atoms with E-state index in [4.69, 9.17) is 27.9 Å². The maximum Gasteiger partial charge on any atom is 0.140 e. The van der Waals surface area contributed by atoms with Gasteiger partial charge < -0.3 is 10.1 Å². The van der Waals surface area contributed by atoms with Crippen LogP contribution in [0.3, 0.4) is 0 Å². The minimum absolute atomic E-state index is 0.0165. The molecule has 3 rings (SSSR count). The Morgan fingerprint density at radius 1 is 1.05 bits per heavy atom. The molecule has 0 amide bonds. The van der Waals surface area contributed by atoms with Crippen LogP contribution in [0.4, 0.5) is 0 Å². The lowest BCUT2D eigenvalue weighted by Crippen LogP contribution is -2.21. The lowest BCUT2D eigenvalue weighted by atomic mass is 9.95. The molecule has 0 unspecified atom stereocenters. The van der Waals surface area contributed by atoms with Crippen LogP contribution in [-0.2, 0) is 0 Å². The van der Waals surface area contributed by atoms with E-state index in [1.807, 2.05) is 30.3 Å². The molecule has 0 saturated carbocycles. The third-order valence-electron chi connectivity index (χ3n) is 3.82. The highest BCUT2D eigenvalue weighted by Gasteiger charge is 2.28. The van der Waals surface area contributed by atoms with Gasteiger partial charge >= 0.3 is 0 Å². The van der Waals surface area contributed by atoms with Crippen molar-refractivity contribution in [3.05, 3.63) is 64.1 Å². The standard InChI is InChI=1S/C17H17Cl2NO/c18-14-7-4-8-15(16(14)19)21-17(13-9-10-20-11-13)12-5-2-1-3-6-12/h1-8,13,17,20H,9-11H2/t13-,17-/m1/s1. The van der Waals surface area contributed by atoms with Crippen LogP contribution in [0.2, 0.25) is 10.0 Å². The summed E-state index contributed by atoms with van der Waals surface area (Å²) in [5, 5.41) is 4.39. The molecule has 110 valence electrons. The smallest absolute Gasteiger partial charge is 0.140 e. The fourth-order valence-corrected chi connectivity index (χ4v) is 3.06. The van der Waals surface area contributed by atoms with Gasteiger partial charge in [-0.25, -0.2) is 0 Å². The van der Waals surface area contributed by atoms with Gasteiger partial charge in [-0.05, 0) is 30.7 Å². The Morgan fingerprint density at radius 3 is 2.57 bits per heavy atom. The van der Waals surface area contributed by atoms with Crippen molar-refractivity contribution in [2.75, 3.05) is 13.1 Å². The van der Waals surface area contributed by atoms with E-state index in [-0.39, 0.29) is 6.10 Å². The Kier molecular flexibility index (Phi) is 4.69. The quantitative estimate of drug-likeness (QED) is 0.879. The zero-order valence-corrected chi connectivity index (χ0v) is 13.1. The summed E-state index contributed by atoms with van der Waals surface area (Å²) in [5.41, 5.74) is 1.17. The van der Waals surface area contributed by atoms with E-state index in [0.29, 0.717) is 21.7 Å². The Labute approximate surface area is 135 Å². The number of rotatable bonds is 4. The van der Waals surface area contributed by atoms with Gasteiger partial charge in [-0.2, -0.15) is 0 Å². The number of benzene rings is 2. The van der Waals surface area contributed by atoms with E-state index in [9.17, 15) is 0 Å². The second-order valence-corrected chi connectivity index (χ2v) is 6.04. The fraction of sp³-hybridized carbons (Fsp3) is 0.294. The number of halogens is 2. The van der Waals surface area contributed by atoms with Gasteiger partial charge in [0, 0.05) is 12.5 Å². The molecule has 2 nitrogen and oxygen atoms in total. The molecule has 1 aliphatic rings. The Bertz CT molecular complexity index is 597. The first-order chi connectivity index (χ1) is 10.3. The average molecular weight is 322 g/mol. The van der Waals surface area contributed by atoms with Crippen molar-refractivity contribution < 1.29 is 4.74 Å². The van der Waals surface area contributed by atoms with Gasteiger partial charge in [0.05, 0.1) is 5.02 Å². The molecule has 1 N–H and O–H groups in total. The van der Waals surface area contributed by atoms with E-state index < -0.39 is 0 Å². The molecular formula is C17H17Cl2NO. The largest absolute Gasteiger partial charge is 0.484 e. The highest BCUT2D eigenvalue weighted by Crippen LogP contribution is 2.37. The van der Waals surface area contributed by atoms with Crippen molar-refractivity contribution in [1.29, 1.82) is 0 Å². The molecule has 4 heteroatoms. The molecule has 0 aliphatic carbocycles. The molecule has 1 saturated heterocycles. The number of ether oxygens (including phenoxy) is 1. The summed E-state index contributed by atoms with van der Waals surface area (Å²) in [7, 11) is 0. The Hall–Kier alpha value is -1.22. The molecule has 21 heavy (non-hydrogen) atoms. The monoisotopic (exact) mass is 321 g/mol. The molecule has 2 aromatic carbocycles. The second kappa shape index (κ2) is 6.69. The minimum atomic E-state index is -0.0165. The molecule has 0 bridgehead atoms. The highest BCUT2D eigenvalue weighted by molar-refractivity contribution is 6.42. The molecule has 2 atom stereocenters. The molecule has 1 fully saturated rings. The van der Waals surface area contributed by atoms with Gasteiger partial charge in [-0.15, -0.1) is 0 Å². The zero-order valence-electron chi connectivity index (χ0n) is 11.6. The third kappa shape index (κ3) is 3.34. The predicted octanol–water partition coefficient (Wildman–Crippen LogP) is 4.72. The van der Waals surface area contributed by atoms with Gasteiger partial charge in [0.25, 0.3) is 0 Å². The molecular weight excluding hydrogens is 305 g/mol. The minimum Gasteiger partial charge on any atom is -0.484 e. The van der Waals surface area contributed by atoms with Crippen molar-refractivity contribution in [3.63, 3.8) is 0 Å². The average Bonchev–Trinajstić information content (AvgIpc) is 3.04. The van der Waals surface area contributed by atoms with Gasteiger partial charge in [-0.3, -0.25) is 0 Å². The first-order valence-electron chi connectivity index (χ1n) is 7.12. The summed E-state index contributed by atoms with van der Waals surface area (Å²) >= 11 is 12.3. The topological polar surface area (TPSA) is 21.3 Å². The van der Waals surface area contributed by atoms with Gasteiger partial charge in [0.1, 0.15) is 16.9 Å². The van der Waals surface area contributed by atoms with Crippen LogP contribution in [0.5, 0.6) is 5.75 Å². The first-order valence-corrected chi connectivity index (χ1v) is 7.87. The lowest BCUT2D eigenvalue weighted by molar-refractivity contribution is 0.144. The summed E-state index contributed by atoms with van der Waals surface area (Å²) in [5.74, 6) is 1.08. The van der Waals surface area contributed by atoms with Crippen molar-refractivity contribution in [1.82, 2.24) is 5.32 Å². The van der Waals surface area contributed by atoms with E-state index in [0.717, 1.165) is 19.5 Å². The summed E-state index contributed by atoms with van der Waals surface area (Å²) in [6.45, 7) is 1.98. The van der Waals surface area contributed by atoms with Crippen LogP contribution in [0, 0.1) is 5.92 Å². The van der Waals surface area contributed by atoms with Gasteiger partial charge in [-0.1, -0.05) is 59.6 Å². The Balaban J connectivity index is 1.90. The maximum atomic E-state index is 6.26. The van der Waals surface area contributed by atoms with Crippen LogP contribution in [0.1, 0.15) is 18.1 Å². The summed E-state index contributed by atoms with van der Waals surface area (Å²) in [6, 6.07) is 15.8. The maximum absolute atomic E-state index is 6.26. The first kappa shape index (κ1) is 14.7. The molecule has 1 heterocycles. The third-order valence-corrected chi connectivity index (χ3v) is 4.63. The Morgan fingerprint density at radius 2 is 1.86 bits per heavy atom. The molecule has 0 spiro atoms. The highest BCUT2D eigenvalue weighted by atomic mass is 35.5. The number of hydrogen-bond acceptors (Lipinski definition) is 2. The molecule has 1 aliphatic heterocycles. The number of hydrogen-bond donors (Lipinski definition) is 1. The summed E-state index contributed by atoms with van der Waals surface area (Å²) < 4.78 is 6.24. The summed E-state index contributed by atoms with van der Waals surface area (Å²) in [6.07, 6.45) is 1.08. The van der Waals surface area contributed by atoms with Crippen LogP contribution < -0.4 is 10.1 Å². The second-order valence-electron chi connectivity index (χ2n) is 5.25. The van der Waals surface area contributed by atoms with Crippen molar-refractivity contribution in [2.45, 2.75) is 12.5 Å². The predicted molar refractivity (Wildman–Crippen MR) is 87.2 cm³/mol. The van der Waals surface area contributed by atoms with Crippen molar-refractivity contribution in [3.8, 4) is 5.75 Å². The van der Waals surface area contributed by atoms with E-state index >= 15 is 0 Å². The zero-order chi connectivity index (χ0) is 14.7. The summed E-state index contributed by atoms with van der Waals surface area (Å²) in [4.78, 5) is 0. The van der Waals surface area contributed by atoms with Crippen LogP contribution in [0.15, 0.2) is 48.5 Å². The van der Waals surface area contributed by atoms with E-state index in [1.165, 1.54) is 5.56 Å². The molecule has 0 radical (unpaired) electrons. The lowest BCUT2D eigenvalue weighted by Gasteiger charge is -2.25. The van der Waals surface area contributed by atoms with E-state index in [2.05, 4.69) is 17.4 Å². The number of nitrogens with one attached hydrogen (secondary N) is 1. The molecule has 2 aromatic rings.